The van der Waals surface area contributed by atoms with Gasteiger partial charge >= 0.3 is 0 Å². The molecule has 1 aliphatic heterocycles. The SMILES string of the molecule is CC(C)Oc1ccc(NC(=O)c2cc(C(=O)NCC3CCCO3)ccn2)cc1. The molecule has 1 fully saturated rings. The van der Waals surface area contributed by atoms with Crippen molar-refractivity contribution in [2.75, 3.05) is 18.5 Å². The number of amides is 2. The molecule has 0 saturated carbocycles. The Bertz CT molecular complexity index is 815. The Morgan fingerprint density at radius 2 is 2.00 bits per heavy atom. The third kappa shape index (κ3) is 5.53. The monoisotopic (exact) mass is 383 g/mol. The number of pyridine rings is 1. The fraction of sp³-hybridized carbons (Fsp3) is 0.381. The van der Waals surface area contributed by atoms with Crippen molar-refractivity contribution < 1.29 is 19.1 Å². The Morgan fingerprint density at radius 1 is 1.21 bits per heavy atom. The molecule has 1 saturated heterocycles. The van der Waals surface area contributed by atoms with Crippen LogP contribution in [0.25, 0.3) is 0 Å². The minimum Gasteiger partial charge on any atom is -0.491 e. The molecule has 7 nitrogen and oxygen atoms in total. The molecule has 2 heterocycles. The molecule has 0 radical (unpaired) electrons. The molecule has 2 N–H and O–H groups in total. The third-order valence-corrected chi connectivity index (χ3v) is 4.25. The molecule has 2 aromatic rings. The second-order valence-corrected chi connectivity index (χ2v) is 6.92. The van der Waals surface area contributed by atoms with Crippen LogP contribution in [-0.2, 0) is 4.74 Å². The predicted molar refractivity (Wildman–Crippen MR) is 106 cm³/mol. The first-order valence-electron chi connectivity index (χ1n) is 9.45. The standard InChI is InChI=1S/C21H25N3O4/c1-14(2)28-17-7-5-16(6-8-17)24-21(26)19-12-15(9-10-22-19)20(25)23-13-18-4-3-11-27-18/h5-10,12,14,18H,3-4,11,13H2,1-2H3,(H,23,25)(H,24,26). The lowest BCUT2D eigenvalue weighted by Gasteiger charge is -2.12. The average molecular weight is 383 g/mol. The minimum absolute atomic E-state index is 0.0659. The Labute approximate surface area is 164 Å². The number of ether oxygens (including phenoxy) is 2. The van der Waals surface area contributed by atoms with Crippen LogP contribution >= 0.6 is 0 Å². The summed E-state index contributed by atoms with van der Waals surface area (Å²) in [5.74, 6) is 0.101. The maximum atomic E-state index is 12.5. The molecule has 1 aromatic carbocycles. The number of nitrogens with zero attached hydrogens (tertiary/aromatic N) is 1. The normalized spacial score (nSPS) is 16.0. The average Bonchev–Trinajstić information content (AvgIpc) is 3.21. The summed E-state index contributed by atoms with van der Waals surface area (Å²) in [6.45, 7) is 5.11. The fourth-order valence-electron chi connectivity index (χ4n) is 2.89. The van der Waals surface area contributed by atoms with Gasteiger partial charge in [0, 0.05) is 30.6 Å². The van der Waals surface area contributed by atoms with Crippen molar-refractivity contribution in [3.63, 3.8) is 0 Å². The van der Waals surface area contributed by atoms with Gasteiger partial charge in [-0.15, -0.1) is 0 Å². The number of benzene rings is 1. The van der Waals surface area contributed by atoms with E-state index >= 15 is 0 Å². The van der Waals surface area contributed by atoms with Crippen LogP contribution in [-0.4, -0.2) is 42.2 Å². The second-order valence-electron chi connectivity index (χ2n) is 6.92. The lowest BCUT2D eigenvalue weighted by atomic mass is 10.2. The van der Waals surface area contributed by atoms with E-state index in [-0.39, 0.29) is 29.7 Å². The molecule has 1 aromatic heterocycles. The quantitative estimate of drug-likeness (QED) is 0.767. The molecule has 0 spiro atoms. The van der Waals surface area contributed by atoms with Crippen molar-refractivity contribution >= 4 is 17.5 Å². The van der Waals surface area contributed by atoms with Crippen LogP contribution in [0.15, 0.2) is 42.6 Å². The second kappa shape index (κ2) is 9.32. The van der Waals surface area contributed by atoms with E-state index in [1.54, 1.807) is 30.3 Å². The van der Waals surface area contributed by atoms with Crippen LogP contribution in [0, 0.1) is 0 Å². The molecule has 2 amide bonds. The zero-order chi connectivity index (χ0) is 19.9. The summed E-state index contributed by atoms with van der Waals surface area (Å²) in [5.41, 5.74) is 1.18. The van der Waals surface area contributed by atoms with E-state index in [1.165, 1.54) is 12.3 Å². The molecule has 7 heteroatoms. The number of rotatable bonds is 7. The van der Waals surface area contributed by atoms with Crippen LogP contribution in [0.2, 0.25) is 0 Å². The number of hydrogen-bond acceptors (Lipinski definition) is 5. The van der Waals surface area contributed by atoms with Crippen LogP contribution < -0.4 is 15.4 Å². The first kappa shape index (κ1) is 19.8. The van der Waals surface area contributed by atoms with E-state index in [9.17, 15) is 9.59 Å². The summed E-state index contributed by atoms with van der Waals surface area (Å²) in [7, 11) is 0. The van der Waals surface area contributed by atoms with Gasteiger partial charge in [-0.1, -0.05) is 0 Å². The van der Waals surface area contributed by atoms with Crippen molar-refractivity contribution in [1.82, 2.24) is 10.3 Å². The summed E-state index contributed by atoms with van der Waals surface area (Å²) >= 11 is 0. The van der Waals surface area contributed by atoms with E-state index < -0.39 is 0 Å². The van der Waals surface area contributed by atoms with Gasteiger partial charge in [-0.05, 0) is 63.1 Å². The lowest BCUT2D eigenvalue weighted by molar-refractivity contribution is 0.0857. The fourth-order valence-corrected chi connectivity index (χ4v) is 2.89. The highest BCUT2D eigenvalue weighted by atomic mass is 16.5. The number of hydrogen-bond donors (Lipinski definition) is 2. The number of anilines is 1. The smallest absolute Gasteiger partial charge is 0.274 e. The number of carbonyl (C=O) groups is 2. The van der Waals surface area contributed by atoms with Gasteiger partial charge in [0.05, 0.1) is 12.2 Å². The predicted octanol–water partition coefficient (Wildman–Crippen LogP) is 3.03. The lowest BCUT2D eigenvalue weighted by Crippen LogP contribution is -2.32. The van der Waals surface area contributed by atoms with Gasteiger partial charge in [0.1, 0.15) is 11.4 Å². The van der Waals surface area contributed by atoms with Crippen molar-refractivity contribution in [1.29, 1.82) is 0 Å². The van der Waals surface area contributed by atoms with Crippen molar-refractivity contribution in [3.05, 3.63) is 53.9 Å². The van der Waals surface area contributed by atoms with Crippen LogP contribution in [0.3, 0.4) is 0 Å². The number of nitrogens with one attached hydrogen (secondary N) is 2. The molecular weight excluding hydrogens is 358 g/mol. The molecular formula is C21H25N3O4. The van der Waals surface area contributed by atoms with Gasteiger partial charge in [-0.3, -0.25) is 14.6 Å². The van der Waals surface area contributed by atoms with Crippen molar-refractivity contribution in [2.45, 2.75) is 38.9 Å². The molecule has 28 heavy (non-hydrogen) atoms. The molecule has 1 aliphatic rings. The summed E-state index contributed by atoms with van der Waals surface area (Å²) in [4.78, 5) is 28.9. The molecule has 3 rings (SSSR count). The van der Waals surface area contributed by atoms with Gasteiger partial charge in [0.15, 0.2) is 0 Å². The summed E-state index contributed by atoms with van der Waals surface area (Å²) < 4.78 is 11.1. The third-order valence-electron chi connectivity index (χ3n) is 4.25. The molecule has 0 bridgehead atoms. The summed E-state index contributed by atoms with van der Waals surface area (Å²) in [6, 6.07) is 10.2. The van der Waals surface area contributed by atoms with Gasteiger partial charge in [-0.2, -0.15) is 0 Å². The molecule has 1 unspecified atom stereocenters. The number of carbonyl (C=O) groups excluding carboxylic acids is 2. The Morgan fingerprint density at radius 3 is 2.68 bits per heavy atom. The molecule has 148 valence electrons. The highest BCUT2D eigenvalue weighted by molar-refractivity contribution is 6.04. The summed E-state index contributed by atoms with van der Waals surface area (Å²) in [6.07, 6.45) is 3.57. The Kier molecular flexibility index (Phi) is 6.60. The van der Waals surface area contributed by atoms with Gasteiger partial charge in [0.2, 0.25) is 0 Å². The first-order chi connectivity index (χ1) is 13.5. The largest absolute Gasteiger partial charge is 0.491 e. The maximum absolute atomic E-state index is 12.5. The Hall–Kier alpha value is -2.93. The minimum atomic E-state index is -0.383. The van der Waals surface area contributed by atoms with Crippen LogP contribution in [0.4, 0.5) is 5.69 Å². The van der Waals surface area contributed by atoms with Gasteiger partial charge < -0.3 is 20.1 Å². The van der Waals surface area contributed by atoms with Gasteiger partial charge in [-0.25, -0.2) is 0 Å². The van der Waals surface area contributed by atoms with E-state index in [1.807, 2.05) is 13.8 Å². The molecule has 1 atom stereocenters. The zero-order valence-electron chi connectivity index (χ0n) is 16.1. The highest BCUT2D eigenvalue weighted by Crippen LogP contribution is 2.17. The first-order valence-corrected chi connectivity index (χ1v) is 9.45. The van der Waals surface area contributed by atoms with Crippen molar-refractivity contribution in [3.8, 4) is 5.75 Å². The zero-order valence-corrected chi connectivity index (χ0v) is 16.1. The van der Waals surface area contributed by atoms with Gasteiger partial charge in [0.25, 0.3) is 11.8 Å². The number of aromatic nitrogens is 1. The van der Waals surface area contributed by atoms with Crippen LogP contribution in [0.5, 0.6) is 5.75 Å². The Balaban J connectivity index is 1.59. The highest BCUT2D eigenvalue weighted by Gasteiger charge is 2.17. The van der Waals surface area contributed by atoms with E-state index in [0.29, 0.717) is 17.8 Å². The van der Waals surface area contributed by atoms with E-state index in [2.05, 4.69) is 15.6 Å². The molecule has 0 aliphatic carbocycles. The summed E-state index contributed by atoms with van der Waals surface area (Å²) in [5, 5.41) is 5.61. The topological polar surface area (TPSA) is 89.5 Å². The van der Waals surface area contributed by atoms with Crippen molar-refractivity contribution in [2.24, 2.45) is 0 Å². The van der Waals surface area contributed by atoms with Crippen LogP contribution in [0.1, 0.15) is 47.5 Å². The van der Waals surface area contributed by atoms with E-state index in [0.717, 1.165) is 25.2 Å². The maximum Gasteiger partial charge on any atom is 0.274 e. The van der Waals surface area contributed by atoms with E-state index in [4.69, 9.17) is 9.47 Å².